The maximum atomic E-state index is 9.52. The Balaban J connectivity index is 2.32. The minimum absolute atomic E-state index is 0.155. The lowest BCUT2D eigenvalue weighted by atomic mass is 10.1. The topological polar surface area (TPSA) is 35.5 Å². The van der Waals surface area contributed by atoms with Crippen LogP contribution in [0.5, 0.6) is 0 Å². The largest absolute Gasteiger partial charge is 0.392 e. The number of piperazine rings is 1. The lowest BCUT2D eigenvalue weighted by Gasteiger charge is -2.36. The van der Waals surface area contributed by atoms with Gasteiger partial charge < -0.3 is 10.4 Å². The summed E-state index contributed by atoms with van der Waals surface area (Å²) in [6.07, 6.45) is 0.699. The summed E-state index contributed by atoms with van der Waals surface area (Å²) in [7, 11) is 0. The van der Waals surface area contributed by atoms with Gasteiger partial charge >= 0.3 is 0 Å². The third kappa shape index (κ3) is 3.63. The third-order valence-electron chi connectivity index (χ3n) is 2.57. The lowest BCUT2D eigenvalue weighted by molar-refractivity contribution is 0.0826. The van der Waals surface area contributed by atoms with Crippen LogP contribution < -0.4 is 5.32 Å². The molecule has 2 N–H and O–H groups in total. The van der Waals surface area contributed by atoms with E-state index in [1.54, 1.807) is 0 Å². The molecule has 1 aliphatic heterocycles. The zero-order valence-electron chi connectivity index (χ0n) is 8.95. The first-order valence-corrected chi connectivity index (χ1v) is 5.28. The molecule has 1 aliphatic rings. The van der Waals surface area contributed by atoms with E-state index in [2.05, 4.69) is 24.1 Å². The first kappa shape index (κ1) is 11.0. The number of aliphatic hydroxyl groups is 1. The van der Waals surface area contributed by atoms with Crippen molar-refractivity contribution < 1.29 is 5.11 Å². The van der Waals surface area contributed by atoms with Crippen LogP contribution in [0.25, 0.3) is 0 Å². The van der Waals surface area contributed by atoms with Gasteiger partial charge in [-0.05, 0) is 20.3 Å². The molecular weight excluding hydrogens is 164 g/mol. The summed E-state index contributed by atoms with van der Waals surface area (Å²) >= 11 is 0. The van der Waals surface area contributed by atoms with Gasteiger partial charge in [-0.15, -0.1) is 0 Å². The molecule has 0 radical (unpaired) electrons. The summed E-state index contributed by atoms with van der Waals surface area (Å²) in [5.74, 6) is 0. The molecule has 3 heteroatoms. The van der Waals surface area contributed by atoms with Crippen molar-refractivity contribution in [3.63, 3.8) is 0 Å². The molecule has 0 spiro atoms. The number of rotatable bonds is 3. The van der Waals surface area contributed by atoms with Crippen molar-refractivity contribution >= 4 is 0 Å². The molecule has 3 atom stereocenters. The zero-order valence-corrected chi connectivity index (χ0v) is 8.95. The normalized spacial score (nSPS) is 33.2. The maximum Gasteiger partial charge on any atom is 0.0664 e. The van der Waals surface area contributed by atoms with E-state index < -0.39 is 0 Å². The average molecular weight is 186 g/mol. The Kier molecular flexibility index (Phi) is 4.16. The van der Waals surface area contributed by atoms with Crippen LogP contribution in [0, 0.1) is 0 Å². The average Bonchev–Trinajstić information content (AvgIpc) is 2.02. The summed E-state index contributed by atoms with van der Waals surface area (Å²) < 4.78 is 0. The first-order chi connectivity index (χ1) is 6.11. The van der Waals surface area contributed by atoms with Gasteiger partial charge in [0.15, 0.2) is 0 Å². The Morgan fingerprint density at radius 3 is 2.38 bits per heavy atom. The minimum atomic E-state index is -0.155. The number of hydrogen-bond acceptors (Lipinski definition) is 3. The molecule has 0 saturated carbocycles. The Bertz CT molecular complexity index is 142. The fourth-order valence-corrected chi connectivity index (χ4v) is 2.02. The molecule has 1 heterocycles. The fourth-order valence-electron chi connectivity index (χ4n) is 2.02. The van der Waals surface area contributed by atoms with Gasteiger partial charge in [0.05, 0.1) is 6.10 Å². The van der Waals surface area contributed by atoms with Gasteiger partial charge in [0.25, 0.3) is 0 Å². The second-order valence-electron chi connectivity index (χ2n) is 4.25. The van der Waals surface area contributed by atoms with Gasteiger partial charge in [-0.1, -0.05) is 6.92 Å². The minimum Gasteiger partial charge on any atom is -0.392 e. The fraction of sp³-hybridized carbons (Fsp3) is 1.00. The molecule has 0 aromatic carbocycles. The Hall–Kier alpha value is -0.120. The van der Waals surface area contributed by atoms with Crippen LogP contribution >= 0.6 is 0 Å². The van der Waals surface area contributed by atoms with Crippen molar-refractivity contribution in [2.75, 3.05) is 19.6 Å². The number of nitrogens with one attached hydrogen (secondary N) is 1. The summed E-state index contributed by atoms with van der Waals surface area (Å²) in [5.41, 5.74) is 0. The second kappa shape index (κ2) is 4.94. The van der Waals surface area contributed by atoms with Gasteiger partial charge in [0.1, 0.15) is 0 Å². The monoisotopic (exact) mass is 186 g/mol. The molecule has 13 heavy (non-hydrogen) atoms. The molecule has 0 aliphatic carbocycles. The summed E-state index contributed by atoms with van der Waals surface area (Å²) in [4.78, 5) is 2.35. The highest BCUT2D eigenvalue weighted by atomic mass is 16.3. The Morgan fingerprint density at radius 2 is 1.92 bits per heavy atom. The van der Waals surface area contributed by atoms with E-state index in [0.717, 1.165) is 26.1 Å². The predicted molar refractivity (Wildman–Crippen MR) is 54.8 cm³/mol. The van der Waals surface area contributed by atoms with Crippen molar-refractivity contribution in [1.29, 1.82) is 0 Å². The molecule has 0 amide bonds. The van der Waals surface area contributed by atoms with Gasteiger partial charge in [-0.3, -0.25) is 4.90 Å². The van der Waals surface area contributed by atoms with Gasteiger partial charge in [-0.25, -0.2) is 0 Å². The van der Waals surface area contributed by atoms with E-state index in [0.29, 0.717) is 12.1 Å². The van der Waals surface area contributed by atoms with Crippen molar-refractivity contribution in [3.05, 3.63) is 0 Å². The maximum absolute atomic E-state index is 9.52. The van der Waals surface area contributed by atoms with Crippen LogP contribution in [0.1, 0.15) is 27.2 Å². The van der Waals surface area contributed by atoms with E-state index in [9.17, 15) is 5.11 Å². The molecule has 2 unspecified atom stereocenters. The highest BCUT2D eigenvalue weighted by Gasteiger charge is 2.21. The first-order valence-electron chi connectivity index (χ1n) is 5.28. The van der Waals surface area contributed by atoms with E-state index in [-0.39, 0.29) is 6.10 Å². The SMILES string of the molecule is CC[C@@H](O)CN1CC(C)NC(C)C1. The summed E-state index contributed by atoms with van der Waals surface area (Å²) in [5, 5.41) is 13.0. The molecule has 0 aromatic rings. The Morgan fingerprint density at radius 1 is 1.38 bits per heavy atom. The molecule has 0 aromatic heterocycles. The second-order valence-corrected chi connectivity index (χ2v) is 4.25. The van der Waals surface area contributed by atoms with E-state index in [4.69, 9.17) is 0 Å². The standard InChI is InChI=1S/C10H22N2O/c1-4-10(13)7-12-5-8(2)11-9(3)6-12/h8-11,13H,4-7H2,1-3H3/t8?,9?,10-/m1/s1. The van der Waals surface area contributed by atoms with E-state index in [1.807, 2.05) is 6.92 Å². The zero-order chi connectivity index (χ0) is 9.84. The molecule has 1 rings (SSSR count). The van der Waals surface area contributed by atoms with Crippen LogP contribution in [-0.2, 0) is 0 Å². The van der Waals surface area contributed by atoms with Crippen molar-refractivity contribution in [1.82, 2.24) is 10.2 Å². The van der Waals surface area contributed by atoms with Gasteiger partial charge in [0, 0.05) is 31.7 Å². The number of hydrogen-bond donors (Lipinski definition) is 2. The quantitative estimate of drug-likeness (QED) is 0.671. The predicted octanol–water partition coefficient (Wildman–Crippen LogP) is 0.439. The van der Waals surface area contributed by atoms with E-state index >= 15 is 0 Å². The highest BCUT2D eigenvalue weighted by molar-refractivity contribution is 4.81. The van der Waals surface area contributed by atoms with Crippen molar-refractivity contribution in [3.8, 4) is 0 Å². The van der Waals surface area contributed by atoms with Crippen molar-refractivity contribution in [2.45, 2.75) is 45.4 Å². The van der Waals surface area contributed by atoms with Crippen molar-refractivity contribution in [2.24, 2.45) is 0 Å². The lowest BCUT2D eigenvalue weighted by Crippen LogP contribution is -2.55. The van der Waals surface area contributed by atoms with Crippen LogP contribution in [0.4, 0.5) is 0 Å². The molecular formula is C10H22N2O. The smallest absolute Gasteiger partial charge is 0.0664 e. The van der Waals surface area contributed by atoms with Gasteiger partial charge in [-0.2, -0.15) is 0 Å². The third-order valence-corrected chi connectivity index (χ3v) is 2.57. The van der Waals surface area contributed by atoms with Crippen LogP contribution in [-0.4, -0.2) is 47.8 Å². The number of nitrogens with zero attached hydrogens (tertiary/aromatic N) is 1. The summed E-state index contributed by atoms with van der Waals surface area (Å²) in [6, 6.07) is 1.10. The molecule has 1 saturated heterocycles. The molecule has 78 valence electrons. The summed E-state index contributed by atoms with van der Waals surface area (Å²) in [6.45, 7) is 9.36. The van der Waals surface area contributed by atoms with Crippen LogP contribution in [0.15, 0.2) is 0 Å². The van der Waals surface area contributed by atoms with E-state index in [1.165, 1.54) is 0 Å². The molecule has 1 fully saturated rings. The molecule has 3 nitrogen and oxygen atoms in total. The highest BCUT2D eigenvalue weighted by Crippen LogP contribution is 2.05. The van der Waals surface area contributed by atoms with Crippen LogP contribution in [0.2, 0.25) is 0 Å². The number of β-amino-alcohol motifs (C(OH)–C–C–N with tert-alkyl or cyclic N) is 1. The Labute approximate surface area is 81.1 Å². The number of aliphatic hydroxyl groups excluding tert-OH is 1. The van der Waals surface area contributed by atoms with Gasteiger partial charge in [0.2, 0.25) is 0 Å². The van der Waals surface area contributed by atoms with Crippen LogP contribution in [0.3, 0.4) is 0 Å². The molecule has 0 bridgehead atoms.